The Kier molecular flexibility index (Phi) is 5.30. The molecule has 0 spiro atoms. The van der Waals surface area contributed by atoms with Crippen LogP contribution < -0.4 is 4.74 Å². The van der Waals surface area contributed by atoms with Crippen molar-refractivity contribution in [3.05, 3.63) is 29.3 Å². The van der Waals surface area contributed by atoms with Crippen LogP contribution in [0.3, 0.4) is 0 Å². The lowest BCUT2D eigenvalue weighted by Crippen LogP contribution is -2.37. The van der Waals surface area contributed by atoms with Gasteiger partial charge in [0, 0.05) is 6.61 Å². The third-order valence-corrected chi connectivity index (χ3v) is 3.73. The van der Waals surface area contributed by atoms with Gasteiger partial charge in [-0.2, -0.15) is 18.4 Å². The first-order chi connectivity index (χ1) is 10.5. The number of hydrogen-bond acceptors (Lipinski definition) is 3. The maximum atomic E-state index is 13.0. The van der Waals surface area contributed by atoms with Crippen LogP contribution in [0.5, 0.6) is 5.75 Å². The first-order valence-corrected chi connectivity index (χ1v) is 7.35. The Bertz CT molecular complexity index is 549. The van der Waals surface area contributed by atoms with E-state index in [0.717, 1.165) is 37.8 Å². The van der Waals surface area contributed by atoms with E-state index >= 15 is 0 Å². The SMILES string of the molecule is CCOC1CCCCC1Oc1ccc(C#N)c(C(F)(F)F)c1. The van der Waals surface area contributed by atoms with Crippen molar-refractivity contribution >= 4 is 0 Å². The predicted octanol–water partition coefficient (Wildman–Crippen LogP) is 4.30. The normalized spacial score (nSPS) is 22.1. The summed E-state index contributed by atoms with van der Waals surface area (Å²) in [7, 11) is 0. The molecule has 1 aromatic rings. The largest absolute Gasteiger partial charge is 0.488 e. The number of benzene rings is 1. The van der Waals surface area contributed by atoms with E-state index < -0.39 is 17.3 Å². The molecule has 0 aliphatic heterocycles. The molecule has 3 nitrogen and oxygen atoms in total. The molecule has 2 unspecified atom stereocenters. The Morgan fingerprint density at radius 3 is 2.50 bits per heavy atom. The molecule has 1 fully saturated rings. The first-order valence-electron chi connectivity index (χ1n) is 7.35. The van der Waals surface area contributed by atoms with E-state index in [2.05, 4.69) is 0 Å². The Hall–Kier alpha value is -1.74. The Labute approximate surface area is 127 Å². The molecule has 2 rings (SSSR count). The van der Waals surface area contributed by atoms with E-state index in [0.29, 0.717) is 6.61 Å². The summed E-state index contributed by atoms with van der Waals surface area (Å²) in [6.07, 6.45) is -1.31. The fourth-order valence-electron chi connectivity index (χ4n) is 2.71. The maximum absolute atomic E-state index is 13.0. The van der Waals surface area contributed by atoms with Crippen molar-refractivity contribution in [1.29, 1.82) is 5.26 Å². The van der Waals surface area contributed by atoms with Crippen LogP contribution in [0.15, 0.2) is 18.2 Å². The molecule has 1 saturated carbocycles. The topological polar surface area (TPSA) is 42.2 Å². The average Bonchev–Trinajstić information content (AvgIpc) is 2.48. The summed E-state index contributed by atoms with van der Waals surface area (Å²) in [6.45, 7) is 2.43. The van der Waals surface area contributed by atoms with Gasteiger partial charge in [0.05, 0.1) is 23.3 Å². The van der Waals surface area contributed by atoms with Gasteiger partial charge in [-0.3, -0.25) is 0 Å². The van der Waals surface area contributed by atoms with E-state index in [-0.39, 0.29) is 18.0 Å². The Morgan fingerprint density at radius 1 is 1.23 bits per heavy atom. The third kappa shape index (κ3) is 3.92. The number of alkyl halides is 3. The van der Waals surface area contributed by atoms with Gasteiger partial charge in [0.1, 0.15) is 11.9 Å². The van der Waals surface area contributed by atoms with Crippen molar-refractivity contribution in [1.82, 2.24) is 0 Å². The van der Waals surface area contributed by atoms with Gasteiger partial charge < -0.3 is 9.47 Å². The predicted molar refractivity (Wildman–Crippen MR) is 74.5 cm³/mol. The van der Waals surface area contributed by atoms with Crippen LogP contribution in [0.2, 0.25) is 0 Å². The van der Waals surface area contributed by atoms with Crippen molar-refractivity contribution in [2.75, 3.05) is 6.61 Å². The lowest BCUT2D eigenvalue weighted by molar-refractivity contribution is -0.138. The van der Waals surface area contributed by atoms with Crippen molar-refractivity contribution in [3.63, 3.8) is 0 Å². The number of ether oxygens (including phenoxy) is 2. The highest BCUT2D eigenvalue weighted by Gasteiger charge is 2.35. The van der Waals surface area contributed by atoms with Crippen molar-refractivity contribution in [2.45, 2.75) is 51.0 Å². The van der Waals surface area contributed by atoms with Crippen LogP contribution in [0.25, 0.3) is 0 Å². The van der Waals surface area contributed by atoms with Gasteiger partial charge in [-0.1, -0.05) is 6.42 Å². The molecule has 1 aliphatic carbocycles. The van der Waals surface area contributed by atoms with Crippen LogP contribution in [0, 0.1) is 11.3 Å². The zero-order valence-corrected chi connectivity index (χ0v) is 12.3. The zero-order chi connectivity index (χ0) is 16.2. The van der Waals surface area contributed by atoms with Gasteiger partial charge in [0.25, 0.3) is 0 Å². The molecular formula is C16H18F3NO2. The summed E-state index contributed by atoms with van der Waals surface area (Å²) >= 11 is 0. The molecule has 0 aromatic heterocycles. The van der Waals surface area contributed by atoms with Gasteiger partial charge in [-0.15, -0.1) is 0 Å². The van der Waals surface area contributed by atoms with E-state index in [1.807, 2.05) is 6.92 Å². The summed E-state index contributed by atoms with van der Waals surface area (Å²) in [5.41, 5.74) is -1.36. The smallest absolute Gasteiger partial charge is 0.417 e. The van der Waals surface area contributed by atoms with Crippen molar-refractivity contribution in [2.24, 2.45) is 0 Å². The summed E-state index contributed by atoms with van der Waals surface area (Å²) in [4.78, 5) is 0. The molecule has 2 atom stereocenters. The van der Waals surface area contributed by atoms with Gasteiger partial charge in [0.15, 0.2) is 0 Å². The third-order valence-electron chi connectivity index (χ3n) is 3.73. The van der Waals surface area contributed by atoms with Crippen LogP contribution in [-0.2, 0) is 10.9 Å². The van der Waals surface area contributed by atoms with Crippen molar-refractivity contribution in [3.8, 4) is 11.8 Å². The summed E-state index contributed by atoms with van der Waals surface area (Å²) in [6, 6.07) is 5.02. The molecular weight excluding hydrogens is 295 g/mol. The van der Waals surface area contributed by atoms with Gasteiger partial charge >= 0.3 is 6.18 Å². The lowest BCUT2D eigenvalue weighted by atomic mass is 9.94. The Morgan fingerprint density at radius 2 is 1.91 bits per heavy atom. The average molecular weight is 313 g/mol. The van der Waals surface area contributed by atoms with Crippen LogP contribution in [-0.4, -0.2) is 18.8 Å². The molecule has 120 valence electrons. The van der Waals surface area contributed by atoms with E-state index in [1.54, 1.807) is 6.07 Å². The zero-order valence-electron chi connectivity index (χ0n) is 12.3. The molecule has 0 bridgehead atoms. The van der Waals surface area contributed by atoms with Gasteiger partial charge in [-0.05, 0) is 44.4 Å². The number of halogens is 3. The molecule has 0 radical (unpaired) electrons. The second-order valence-electron chi connectivity index (χ2n) is 5.25. The van der Waals surface area contributed by atoms with Crippen LogP contribution in [0.4, 0.5) is 13.2 Å². The minimum atomic E-state index is -4.57. The fourth-order valence-corrected chi connectivity index (χ4v) is 2.71. The molecule has 6 heteroatoms. The number of hydrogen-bond donors (Lipinski definition) is 0. The van der Waals surface area contributed by atoms with Gasteiger partial charge in [0.2, 0.25) is 0 Å². The molecule has 1 aromatic carbocycles. The van der Waals surface area contributed by atoms with E-state index in [9.17, 15) is 13.2 Å². The minimum Gasteiger partial charge on any atom is -0.488 e. The number of nitriles is 1. The highest BCUT2D eigenvalue weighted by atomic mass is 19.4. The quantitative estimate of drug-likeness (QED) is 0.832. The molecule has 0 amide bonds. The molecule has 22 heavy (non-hydrogen) atoms. The highest BCUT2D eigenvalue weighted by molar-refractivity contribution is 5.44. The second-order valence-corrected chi connectivity index (χ2v) is 5.25. The summed E-state index contributed by atoms with van der Waals surface area (Å²) < 4.78 is 50.2. The highest BCUT2D eigenvalue weighted by Crippen LogP contribution is 2.35. The first kappa shape index (κ1) is 16.6. The summed E-state index contributed by atoms with van der Waals surface area (Å²) in [5, 5.41) is 8.80. The molecule has 1 aliphatic rings. The minimum absolute atomic E-state index is 0.0938. The number of rotatable bonds is 4. The Balaban J connectivity index is 2.20. The summed E-state index contributed by atoms with van der Waals surface area (Å²) in [5.74, 6) is 0.128. The van der Waals surface area contributed by atoms with Crippen LogP contribution >= 0.6 is 0 Å². The monoisotopic (exact) mass is 313 g/mol. The van der Waals surface area contributed by atoms with Crippen molar-refractivity contribution < 1.29 is 22.6 Å². The maximum Gasteiger partial charge on any atom is 0.417 e. The molecule has 0 saturated heterocycles. The fraction of sp³-hybridized carbons (Fsp3) is 0.562. The van der Waals surface area contributed by atoms with E-state index in [1.165, 1.54) is 6.07 Å². The van der Waals surface area contributed by atoms with E-state index in [4.69, 9.17) is 14.7 Å². The lowest BCUT2D eigenvalue weighted by Gasteiger charge is -2.31. The second kappa shape index (κ2) is 7.01. The molecule has 0 heterocycles. The molecule has 0 N–H and O–H groups in total. The standard InChI is InChI=1S/C16H18F3NO2/c1-2-21-14-5-3-4-6-15(14)22-12-8-7-11(10-20)13(9-12)16(17,18)19/h7-9,14-15H,2-6H2,1H3. The van der Waals surface area contributed by atoms with Crippen LogP contribution in [0.1, 0.15) is 43.7 Å². The number of nitrogens with zero attached hydrogens (tertiary/aromatic N) is 1. The van der Waals surface area contributed by atoms with Gasteiger partial charge in [-0.25, -0.2) is 0 Å².